The lowest BCUT2D eigenvalue weighted by Gasteiger charge is -2.56. The maximum atomic E-state index is 13.1. The first-order valence-corrected chi connectivity index (χ1v) is 12.7. The third-order valence-electron chi connectivity index (χ3n) is 9.01. The van der Waals surface area contributed by atoms with E-state index in [1.807, 2.05) is 11.8 Å². The number of aliphatic hydroxyl groups is 1. The number of nitrogens with zero attached hydrogens (tertiary/aromatic N) is 1. The van der Waals surface area contributed by atoms with Gasteiger partial charge >= 0.3 is 0 Å². The van der Waals surface area contributed by atoms with Gasteiger partial charge in [-0.2, -0.15) is 0 Å². The predicted molar refractivity (Wildman–Crippen MR) is 128 cm³/mol. The summed E-state index contributed by atoms with van der Waals surface area (Å²) in [5.41, 5.74) is 0.663. The second-order valence-electron chi connectivity index (χ2n) is 10.9. The Morgan fingerprint density at radius 2 is 1.79 bits per heavy atom. The molecule has 0 radical (unpaired) electrons. The van der Waals surface area contributed by atoms with E-state index >= 15 is 0 Å². The van der Waals surface area contributed by atoms with E-state index in [4.69, 9.17) is 4.74 Å². The quantitative estimate of drug-likeness (QED) is 0.705. The zero-order chi connectivity index (χ0) is 23.8. The maximum absolute atomic E-state index is 13.1. The van der Waals surface area contributed by atoms with Crippen molar-refractivity contribution < 1.29 is 19.4 Å². The van der Waals surface area contributed by atoms with Crippen LogP contribution in [0.1, 0.15) is 69.7 Å². The zero-order valence-electron chi connectivity index (χ0n) is 20.5. The van der Waals surface area contributed by atoms with Gasteiger partial charge in [-0.25, -0.2) is 0 Å². The average molecular weight is 457 g/mol. The largest absolute Gasteiger partial charge is 0.497 e. The van der Waals surface area contributed by atoms with Crippen LogP contribution in [0.3, 0.4) is 0 Å². The average Bonchev–Trinajstić information content (AvgIpc) is 3.35. The highest BCUT2D eigenvalue weighted by Gasteiger charge is 2.54. The molecular weight excluding hydrogens is 416 g/mol. The van der Waals surface area contributed by atoms with Crippen LogP contribution in [0.25, 0.3) is 0 Å². The van der Waals surface area contributed by atoms with Gasteiger partial charge in [0.1, 0.15) is 5.75 Å². The number of benzene rings is 1. The van der Waals surface area contributed by atoms with Crippen LogP contribution < -0.4 is 10.1 Å². The van der Waals surface area contributed by atoms with Gasteiger partial charge in [-0.3, -0.25) is 9.59 Å². The first-order valence-electron chi connectivity index (χ1n) is 12.7. The van der Waals surface area contributed by atoms with Crippen molar-refractivity contribution in [3.8, 4) is 5.75 Å². The van der Waals surface area contributed by atoms with E-state index in [2.05, 4.69) is 19.2 Å². The molecule has 6 heteroatoms. The molecule has 182 valence electrons. The molecule has 1 aliphatic heterocycles. The van der Waals surface area contributed by atoms with Gasteiger partial charge in [0, 0.05) is 30.6 Å². The van der Waals surface area contributed by atoms with E-state index in [9.17, 15) is 14.7 Å². The van der Waals surface area contributed by atoms with E-state index in [0.29, 0.717) is 5.56 Å². The molecule has 2 saturated carbocycles. The standard InChI is InChI=1S/C27H40N2O4/c1-17(26(32)29-15-5-6-16-29)21-11-13-27(3)14-12-22(18(2)23(27)24(21)30)28-25(31)19-7-9-20(33-4)10-8-19/h7-10,17-18,21-24,30H,5-6,11-16H2,1-4H3,(H,28,31). The summed E-state index contributed by atoms with van der Waals surface area (Å²) in [5.74, 6) is 0.865. The van der Waals surface area contributed by atoms with E-state index in [1.54, 1.807) is 31.4 Å². The van der Waals surface area contributed by atoms with Gasteiger partial charge in [-0.1, -0.05) is 20.8 Å². The molecule has 0 spiro atoms. The second-order valence-corrected chi connectivity index (χ2v) is 10.9. The van der Waals surface area contributed by atoms with Crippen molar-refractivity contribution in [3.05, 3.63) is 29.8 Å². The number of methoxy groups -OCH3 is 1. The molecule has 2 aliphatic carbocycles. The number of rotatable bonds is 5. The van der Waals surface area contributed by atoms with Crippen LogP contribution >= 0.6 is 0 Å². The molecule has 7 atom stereocenters. The van der Waals surface area contributed by atoms with Gasteiger partial charge in [0.2, 0.25) is 5.91 Å². The molecule has 4 rings (SSSR count). The summed E-state index contributed by atoms with van der Waals surface area (Å²) in [5, 5.41) is 14.8. The number of likely N-dealkylation sites (tertiary alicyclic amines) is 1. The Bertz CT molecular complexity index is 850. The van der Waals surface area contributed by atoms with Crippen molar-refractivity contribution in [3.63, 3.8) is 0 Å². The van der Waals surface area contributed by atoms with E-state index in [1.165, 1.54) is 0 Å². The first-order chi connectivity index (χ1) is 15.7. The van der Waals surface area contributed by atoms with Crippen LogP contribution in [-0.2, 0) is 4.79 Å². The highest BCUT2D eigenvalue weighted by molar-refractivity contribution is 5.94. The minimum absolute atomic E-state index is 0.00988. The Morgan fingerprint density at radius 3 is 2.42 bits per heavy atom. The molecule has 2 amide bonds. The Labute approximate surface area is 198 Å². The normalized spacial score (nSPS) is 34.9. The van der Waals surface area contributed by atoms with Gasteiger partial charge in [0.15, 0.2) is 0 Å². The molecule has 0 aromatic heterocycles. The number of carbonyl (C=O) groups is 2. The molecule has 6 nitrogen and oxygen atoms in total. The highest BCUT2D eigenvalue weighted by Crippen LogP contribution is 2.55. The number of aliphatic hydroxyl groups excluding tert-OH is 1. The molecule has 0 bridgehead atoms. The van der Waals surface area contributed by atoms with Gasteiger partial charge < -0.3 is 20.1 Å². The molecule has 1 heterocycles. The molecule has 3 fully saturated rings. The second kappa shape index (κ2) is 9.65. The van der Waals surface area contributed by atoms with Gasteiger partial charge in [0.25, 0.3) is 5.91 Å². The number of hydrogen-bond acceptors (Lipinski definition) is 4. The molecule has 7 unspecified atom stereocenters. The van der Waals surface area contributed by atoms with Crippen molar-refractivity contribution in [1.82, 2.24) is 10.2 Å². The fraction of sp³-hybridized carbons (Fsp3) is 0.704. The molecule has 33 heavy (non-hydrogen) atoms. The number of ether oxygens (including phenoxy) is 1. The minimum Gasteiger partial charge on any atom is -0.497 e. The number of hydrogen-bond donors (Lipinski definition) is 2. The molecule has 1 aromatic rings. The monoisotopic (exact) mass is 456 g/mol. The summed E-state index contributed by atoms with van der Waals surface area (Å²) < 4.78 is 5.19. The van der Waals surface area contributed by atoms with Gasteiger partial charge in [0.05, 0.1) is 13.2 Å². The van der Waals surface area contributed by atoms with Crippen LogP contribution in [-0.4, -0.2) is 54.2 Å². The minimum atomic E-state index is -0.527. The topological polar surface area (TPSA) is 78.9 Å². The first kappa shape index (κ1) is 24.1. The van der Waals surface area contributed by atoms with E-state index in [-0.39, 0.29) is 46.9 Å². The fourth-order valence-electron chi connectivity index (χ4n) is 6.90. The third-order valence-corrected chi connectivity index (χ3v) is 9.01. The lowest BCUT2D eigenvalue weighted by Crippen LogP contribution is -2.58. The highest BCUT2D eigenvalue weighted by atomic mass is 16.5. The molecular formula is C27H40N2O4. The number of carbonyl (C=O) groups excluding carboxylic acids is 2. The van der Waals surface area contributed by atoms with Crippen molar-refractivity contribution in [2.45, 2.75) is 71.4 Å². The van der Waals surface area contributed by atoms with Crippen LogP contribution in [0.5, 0.6) is 5.75 Å². The number of fused-ring (bicyclic) bond motifs is 1. The lowest BCUT2D eigenvalue weighted by atomic mass is 9.51. The van der Waals surface area contributed by atoms with E-state index in [0.717, 1.165) is 57.4 Å². The molecule has 2 N–H and O–H groups in total. The molecule has 3 aliphatic rings. The summed E-state index contributed by atoms with van der Waals surface area (Å²) in [7, 11) is 1.61. The zero-order valence-corrected chi connectivity index (χ0v) is 20.5. The van der Waals surface area contributed by atoms with Gasteiger partial charge in [-0.15, -0.1) is 0 Å². The van der Waals surface area contributed by atoms with Crippen molar-refractivity contribution in [2.24, 2.45) is 29.1 Å². The summed E-state index contributed by atoms with van der Waals surface area (Å²) in [6, 6.07) is 7.16. The smallest absolute Gasteiger partial charge is 0.251 e. The summed E-state index contributed by atoms with van der Waals surface area (Å²) in [6.45, 7) is 8.17. The Morgan fingerprint density at radius 1 is 1.15 bits per heavy atom. The third kappa shape index (κ3) is 4.64. The van der Waals surface area contributed by atoms with Crippen molar-refractivity contribution >= 4 is 11.8 Å². The van der Waals surface area contributed by atoms with Crippen LogP contribution in [0, 0.1) is 29.1 Å². The number of amides is 2. The fourth-order valence-corrected chi connectivity index (χ4v) is 6.90. The summed E-state index contributed by atoms with van der Waals surface area (Å²) in [4.78, 5) is 28.0. The van der Waals surface area contributed by atoms with Crippen molar-refractivity contribution in [1.29, 1.82) is 0 Å². The lowest BCUT2D eigenvalue weighted by molar-refractivity contribution is -0.149. The number of nitrogens with one attached hydrogen (secondary N) is 1. The predicted octanol–water partition coefficient (Wildman–Crippen LogP) is 3.88. The van der Waals surface area contributed by atoms with E-state index < -0.39 is 6.10 Å². The summed E-state index contributed by atoms with van der Waals surface area (Å²) >= 11 is 0. The Hall–Kier alpha value is -2.08. The Kier molecular flexibility index (Phi) is 7.04. The molecule has 1 aromatic carbocycles. The SMILES string of the molecule is COc1ccc(C(=O)NC2CCC3(C)CCC(C(C)C(=O)N4CCCC4)C(O)C3C2C)cc1. The van der Waals surface area contributed by atoms with Gasteiger partial charge in [-0.05, 0) is 86.0 Å². The maximum Gasteiger partial charge on any atom is 0.251 e. The Balaban J connectivity index is 1.46. The van der Waals surface area contributed by atoms with Crippen LogP contribution in [0.4, 0.5) is 0 Å². The van der Waals surface area contributed by atoms with Crippen LogP contribution in [0.15, 0.2) is 24.3 Å². The molecule has 1 saturated heterocycles. The van der Waals surface area contributed by atoms with Crippen LogP contribution in [0.2, 0.25) is 0 Å². The van der Waals surface area contributed by atoms with Crippen molar-refractivity contribution in [2.75, 3.05) is 20.2 Å². The summed E-state index contributed by atoms with van der Waals surface area (Å²) in [6.07, 6.45) is 5.45.